The van der Waals surface area contributed by atoms with Gasteiger partial charge in [-0.1, -0.05) is 37.6 Å². The first-order valence-electron chi connectivity index (χ1n) is 8.16. The fraction of sp³-hybridized carbons (Fsp3) is 0.316. The van der Waals surface area contributed by atoms with Crippen LogP contribution in [0, 0.1) is 6.92 Å². The zero-order valence-corrected chi connectivity index (χ0v) is 15.7. The van der Waals surface area contributed by atoms with E-state index in [1.54, 1.807) is 12.1 Å². The second kappa shape index (κ2) is 9.20. The fourth-order valence-corrected chi connectivity index (χ4v) is 2.29. The second-order valence-electron chi connectivity index (χ2n) is 6.02. The molecule has 7 heteroatoms. The van der Waals surface area contributed by atoms with Gasteiger partial charge in [-0.25, -0.2) is 9.78 Å². The Morgan fingerprint density at radius 2 is 2.00 bits per heavy atom. The molecular weight excluding hydrogens is 356 g/mol. The number of rotatable bonds is 7. The first-order chi connectivity index (χ1) is 12.4. The predicted molar refractivity (Wildman–Crippen MR) is 99.6 cm³/mol. The van der Waals surface area contributed by atoms with E-state index in [-0.39, 0.29) is 11.8 Å². The molecule has 0 aliphatic rings. The number of pyridine rings is 1. The van der Waals surface area contributed by atoms with E-state index in [1.807, 2.05) is 25.1 Å². The highest BCUT2D eigenvalue weighted by Crippen LogP contribution is 2.24. The molecule has 1 amide bonds. The van der Waals surface area contributed by atoms with Gasteiger partial charge in [0.05, 0.1) is 5.69 Å². The van der Waals surface area contributed by atoms with Crippen molar-refractivity contribution in [1.29, 1.82) is 0 Å². The van der Waals surface area contributed by atoms with Gasteiger partial charge < -0.3 is 14.8 Å². The molecule has 0 aliphatic carbocycles. The van der Waals surface area contributed by atoms with Gasteiger partial charge in [0.25, 0.3) is 5.91 Å². The van der Waals surface area contributed by atoms with E-state index >= 15 is 0 Å². The van der Waals surface area contributed by atoms with Crippen LogP contribution in [0.3, 0.4) is 0 Å². The standard InChI is InChI=1S/C19H21ClN2O4/c1-12(2)14-7-6-13(3)16(9-14)25-11-18(24)26-10-17(23)22-15-5-4-8-21-19(15)20/h4-9,12H,10-11H2,1-3H3,(H,22,23). The summed E-state index contributed by atoms with van der Waals surface area (Å²) in [5.74, 6) is -0.161. The Hall–Kier alpha value is -2.60. The number of esters is 1. The van der Waals surface area contributed by atoms with E-state index < -0.39 is 18.5 Å². The minimum absolute atomic E-state index is 0.163. The van der Waals surface area contributed by atoms with Crippen LogP contribution in [0.1, 0.15) is 30.9 Å². The summed E-state index contributed by atoms with van der Waals surface area (Å²) in [7, 11) is 0. The van der Waals surface area contributed by atoms with Gasteiger partial charge in [0.2, 0.25) is 0 Å². The smallest absolute Gasteiger partial charge is 0.344 e. The molecule has 2 rings (SSSR count). The van der Waals surface area contributed by atoms with Crippen LogP contribution in [0.4, 0.5) is 5.69 Å². The predicted octanol–water partition coefficient (Wildman–Crippen LogP) is 3.73. The highest BCUT2D eigenvalue weighted by molar-refractivity contribution is 6.32. The first-order valence-corrected chi connectivity index (χ1v) is 8.54. The van der Waals surface area contributed by atoms with Crippen LogP contribution in [0.5, 0.6) is 5.75 Å². The van der Waals surface area contributed by atoms with Gasteiger partial charge in [0, 0.05) is 6.20 Å². The topological polar surface area (TPSA) is 77.5 Å². The summed E-state index contributed by atoms with van der Waals surface area (Å²) < 4.78 is 10.4. The first kappa shape index (κ1) is 19.7. The molecule has 0 atom stereocenters. The Kier molecular flexibility index (Phi) is 6.97. The Labute approximate surface area is 157 Å². The molecule has 0 bridgehead atoms. The Morgan fingerprint density at radius 3 is 2.69 bits per heavy atom. The number of nitrogens with one attached hydrogen (secondary N) is 1. The molecule has 138 valence electrons. The molecule has 2 aromatic rings. The molecule has 6 nitrogen and oxygen atoms in total. The van der Waals surface area contributed by atoms with Crippen molar-refractivity contribution in [2.45, 2.75) is 26.7 Å². The van der Waals surface area contributed by atoms with E-state index in [1.165, 1.54) is 6.20 Å². The van der Waals surface area contributed by atoms with Crippen LogP contribution in [-0.2, 0) is 14.3 Å². The number of halogens is 1. The summed E-state index contributed by atoms with van der Waals surface area (Å²) in [6.07, 6.45) is 1.51. The maximum absolute atomic E-state index is 11.8. The van der Waals surface area contributed by atoms with Crippen LogP contribution >= 0.6 is 11.6 Å². The number of aryl methyl sites for hydroxylation is 1. The number of hydrogen-bond donors (Lipinski definition) is 1. The number of amides is 1. The third kappa shape index (κ3) is 5.74. The van der Waals surface area contributed by atoms with Crippen molar-refractivity contribution in [3.63, 3.8) is 0 Å². The van der Waals surface area contributed by atoms with E-state index in [0.717, 1.165) is 11.1 Å². The van der Waals surface area contributed by atoms with E-state index in [4.69, 9.17) is 21.1 Å². The maximum Gasteiger partial charge on any atom is 0.344 e. The number of carbonyl (C=O) groups is 2. The lowest BCUT2D eigenvalue weighted by Crippen LogP contribution is -2.24. The van der Waals surface area contributed by atoms with Gasteiger partial charge in [-0.3, -0.25) is 4.79 Å². The summed E-state index contributed by atoms with van der Waals surface area (Å²) in [5, 5.41) is 2.68. The average Bonchev–Trinajstić information content (AvgIpc) is 2.61. The summed E-state index contributed by atoms with van der Waals surface area (Å²) in [6, 6.07) is 9.11. The summed E-state index contributed by atoms with van der Waals surface area (Å²) in [6.45, 7) is 5.35. The minimum atomic E-state index is -0.633. The molecular formula is C19H21ClN2O4. The number of anilines is 1. The number of carbonyl (C=O) groups excluding carboxylic acids is 2. The largest absolute Gasteiger partial charge is 0.482 e. The summed E-state index contributed by atoms with van der Waals surface area (Å²) in [4.78, 5) is 27.4. The van der Waals surface area contributed by atoms with Crippen molar-refractivity contribution in [2.75, 3.05) is 18.5 Å². The molecule has 1 heterocycles. The molecule has 0 aliphatic heterocycles. The molecule has 0 spiro atoms. The van der Waals surface area contributed by atoms with Gasteiger partial charge in [-0.05, 0) is 42.2 Å². The van der Waals surface area contributed by atoms with Gasteiger partial charge in [-0.15, -0.1) is 0 Å². The van der Waals surface area contributed by atoms with E-state index in [2.05, 4.69) is 24.1 Å². The zero-order valence-electron chi connectivity index (χ0n) is 14.9. The summed E-state index contributed by atoms with van der Waals surface area (Å²) >= 11 is 5.84. The molecule has 1 aromatic carbocycles. The van der Waals surface area contributed by atoms with E-state index in [0.29, 0.717) is 17.4 Å². The lowest BCUT2D eigenvalue weighted by atomic mass is 10.0. The molecule has 0 unspecified atom stereocenters. The summed E-state index contributed by atoms with van der Waals surface area (Å²) in [5.41, 5.74) is 2.39. The molecule has 1 N–H and O–H groups in total. The minimum Gasteiger partial charge on any atom is -0.482 e. The Morgan fingerprint density at radius 1 is 1.23 bits per heavy atom. The quantitative estimate of drug-likeness (QED) is 0.588. The van der Waals surface area contributed by atoms with E-state index in [9.17, 15) is 9.59 Å². The van der Waals surface area contributed by atoms with Crippen molar-refractivity contribution in [1.82, 2.24) is 4.98 Å². The highest BCUT2D eigenvalue weighted by atomic mass is 35.5. The van der Waals surface area contributed by atoms with Gasteiger partial charge >= 0.3 is 5.97 Å². The van der Waals surface area contributed by atoms with Gasteiger partial charge in [0.1, 0.15) is 5.75 Å². The lowest BCUT2D eigenvalue weighted by molar-refractivity contribution is -0.149. The maximum atomic E-state index is 11.8. The average molecular weight is 377 g/mol. The molecule has 1 aromatic heterocycles. The third-order valence-corrected chi connectivity index (χ3v) is 3.92. The van der Waals surface area contributed by atoms with Crippen LogP contribution < -0.4 is 10.1 Å². The van der Waals surface area contributed by atoms with Crippen LogP contribution in [-0.4, -0.2) is 30.1 Å². The van der Waals surface area contributed by atoms with Crippen molar-refractivity contribution in [2.24, 2.45) is 0 Å². The van der Waals surface area contributed by atoms with Crippen LogP contribution in [0.2, 0.25) is 5.15 Å². The Balaban J connectivity index is 1.81. The number of hydrogen-bond acceptors (Lipinski definition) is 5. The molecule has 0 radical (unpaired) electrons. The van der Waals surface area contributed by atoms with Crippen molar-refractivity contribution < 1.29 is 19.1 Å². The monoisotopic (exact) mass is 376 g/mol. The highest BCUT2D eigenvalue weighted by Gasteiger charge is 2.12. The number of ether oxygens (including phenoxy) is 2. The SMILES string of the molecule is Cc1ccc(C(C)C)cc1OCC(=O)OCC(=O)Nc1cccnc1Cl. The van der Waals surface area contributed by atoms with Gasteiger partial charge in [-0.2, -0.15) is 0 Å². The van der Waals surface area contributed by atoms with Crippen LogP contribution in [0.25, 0.3) is 0 Å². The van der Waals surface area contributed by atoms with Crippen LogP contribution in [0.15, 0.2) is 36.5 Å². The molecule has 0 fully saturated rings. The number of nitrogens with zero attached hydrogens (tertiary/aromatic N) is 1. The Bertz CT molecular complexity index is 793. The second-order valence-corrected chi connectivity index (χ2v) is 6.38. The lowest BCUT2D eigenvalue weighted by Gasteiger charge is -2.12. The van der Waals surface area contributed by atoms with Crippen molar-refractivity contribution in [3.8, 4) is 5.75 Å². The van der Waals surface area contributed by atoms with Crippen molar-refractivity contribution >= 4 is 29.2 Å². The fourth-order valence-electron chi connectivity index (χ4n) is 2.12. The number of aromatic nitrogens is 1. The van der Waals surface area contributed by atoms with Crippen molar-refractivity contribution in [3.05, 3.63) is 52.8 Å². The third-order valence-electron chi connectivity index (χ3n) is 3.62. The number of benzene rings is 1. The molecule has 0 saturated heterocycles. The zero-order chi connectivity index (χ0) is 19.1. The van der Waals surface area contributed by atoms with Gasteiger partial charge in [0.15, 0.2) is 18.4 Å². The molecule has 26 heavy (non-hydrogen) atoms. The molecule has 0 saturated carbocycles. The normalized spacial score (nSPS) is 10.5.